The molecular weight excluding hydrogens is 500 g/mol. The first-order valence-corrected chi connectivity index (χ1v) is 13.1. The second-order valence-corrected chi connectivity index (χ2v) is 11.2. The first kappa shape index (κ1) is 26.7. The number of nitriles is 1. The normalized spacial score (nSPS) is 19.2. The van der Waals surface area contributed by atoms with E-state index < -0.39 is 11.4 Å². The summed E-state index contributed by atoms with van der Waals surface area (Å²) in [5.41, 5.74) is 2.26. The zero-order valence-corrected chi connectivity index (χ0v) is 23.0. The van der Waals surface area contributed by atoms with Crippen LogP contribution >= 0.6 is 0 Å². The highest BCUT2D eigenvalue weighted by atomic mass is 16.7. The van der Waals surface area contributed by atoms with Gasteiger partial charge in [-0.05, 0) is 52.8 Å². The summed E-state index contributed by atoms with van der Waals surface area (Å²) in [6, 6.07) is 8.06. The van der Waals surface area contributed by atoms with E-state index in [1.54, 1.807) is 28.0 Å². The van der Waals surface area contributed by atoms with Gasteiger partial charge in [0, 0.05) is 43.5 Å². The molecule has 3 aromatic heterocycles. The molecule has 5 rings (SSSR count). The van der Waals surface area contributed by atoms with Crippen LogP contribution in [0.5, 0.6) is 5.75 Å². The summed E-state index contributed by atoms with van der Waals surface area (Å²) in [6.07, 6.45) is 4.63. The number of ether oxygens (including phenoxy) is 4. The molecule has 0 aliphatic carbocycles. The summed E-state index contributed by atoms with van der Waals surface area (Å²) >= 11 is 0. The lowest BCUT2D eigenvalue weighted by atomic mass is 10.1. The van der Waals surface area contributed by atoms with Crippen molar-refractivity contribution >= 4 is 17.4 Å². The van der Waals surface area contributed by atoms with Crippen LogP contribution in [0.15, 0.2) is 36.8 Å². The van der Waals surface area contributed by atoms with Gasteiger partial charge in [-0.3, -0.25) is 0 Å². The smallest absolute Gasteiger partial charge is 0.410 e. The molecule has 0 N–H and O–H groups in total. The number of nitrogens with zero attached hydrogens (tertiary/aromatic N) is 6. The average molecular weight is 535 g/mol. The molecule has 0 radical (unpaired) electrons. The van der Waals surface area contributed by atoms with Gasteiger partial charge in [-0.1, -0.05) is 0 Å². The number of fused-ring (bicyclic) bond motifs is 1. The van der Waals surface area contributed by atoms with Crippen LogP contribution in [0, 0.1) is 11.3 Å². The second-order valence-electron chi connectivity index (χ2n) is 11.2. The van der Waals surface area contributed by atoms with E-state index >= 15 is 0 Å². The first-order valence-electron chi connectivity index (χ1n) is 13.1. The summed E-state index contributed by atoms with van der Waals surface area (Å²) in [7, 11) is 0. The van der Waals surface area contributed by atoms with Crippen LogP contribution in [0.2, 0.25) is 0 Å². The van der Waals surface area contributed by atoms with Gasteiger partial charge in [-0.2, -0.15) is 10.4 Å². The van der Waals surface area contributed by atoms with Crippen molar-refractivity contribution in [3.63, 3.8) is 0 Å². The van der Waals surface area contributed by atoms with Gasteiger partial charge in [0.2, 0.25) is 0 Å². The van der Waals surface area contributed by atoms with Crippen LogP contribution in [0.25, 0.3) is 16.6 Å². The van der Waals surface area contributed by atoms with Gasteiger partial charge >= 0.3 is 6.09 Å². The summed E-state index contributed by atoms with van der Waals surface area (Å²) in [5, 5.41) is 14.0. The molecule has 3 aromatic rings. The molecule has 39 heavy (non-hydrogen) atoms. The fourth-order valence-electron chi connectivity index (χ4n) is 4.69. The van der Waals surface area contributed by atoms with Crippen molar-refractivity contribution in [3.05, 3.63) is 42.4 Å². The first-order chi connectivity index (χ1) is 18.5. The van der Waals surface area contributed by atoms with Crippen LogP contribution in [0.1, 0.15) is 40.2 Å². The Morgan fingerprint density at radius 1 is 1.21 bits per heavy atom. The monoisotopic (exact) mass is 534 g/mol. The van der Waals surface area contributed by atoms with Crippen molar-refractivity contribution in [2.75, 3.05) is 44.3 Å². The molecule has 0 unspecified atom stereocenters. The van der Waals surface area contributed by atoms with Gasteiger partial charge in [-0.25, -0.2) is 14.3 Å². The van der Waals surface area contributed by atoms with Gasteiger partial charge < -0.3 is 28.7 Å². The number of pyridine rings is 2. The molecule has 11 heteroatoms. The number of anilines is 1. The number of rotatable bonds is 5. The van der Waals surface area contributed by atoms with Gasteiger partial charge in [0.15, 0.2) is 5.79 Å². The molecule has 0 aromatic carbocycles. The van der Waals surface area contributed by atoms with E-state index in [-0.39, 0.29) is 12.2 Å². The van der Waals surface area contributed by atoms with Crippen LogP contribution in [0.3, 0.4) is 0 Å². The maximum absolute atomic E-state index is 12.4. The van der Waals surface area contributed by atoms with Crippen LogP contribution in [0.4, 0.5) is 10.6 Å². The number of carbonyl (C=O) groups excluding carboxylic acids is 1. The fraction of sp³-hybridized carbons (Fsp3) is 0.500. The fourth-order valence-corrected chi connectivity index (χ4v) is 4.69. The van der Waals surface area contributed by atoms with Gasteiger partial charge in [0.25, 0.3) is 0 Å². The molecule has 2 aliphatic rings. The third-order valence-corrected chi connectivity index (χ3v) is 6.52. The predicted octanol–water partition coefficient (Wildman–Crippen LogP) is 3.86. The van der Waals surface area contributed by atoms with Crippen molar-refractivity contribution in [3.8, 4) is 22.9 Å². The summed E-state index contributed by atoms with van der Waals surface area (Å²) in [6.45, 7) is 12.6. The third kappa shape index (κ3) is 6.08. The van der Waals surface area contributed by atoms with E-state index in [1.807, 2.05) is 52.8 Å². The van der Waals surface area contributed by atoms with E-state index in [1.165, 1.54) is 0 Å². The molecule has 11 nitrogen and oxygen atoms in total. The Hall–Kier alpha value is -3.88. The Morgan fingerprint density at radius 2 is 1.97 bits per heavy atom. The zero-order valence-electron chi connectivity index (χ0n) is 23.0. The van der Waals surface area contributed by atoms with Gasteiger partial charge in [0.1, 0.15) is 35.9 Å². The minimum atomic E-state index is -0.622. The molecule has 0 bridgehead atoms. The van der Waals surface area contributed by atoms with E-state index in [0.29, 0.717) is 56.2 Å². The number of amides is 1. The molecule has 0 saturated carbocycles. The van der Waals surface area contributed by atoms with Crippen molar-refractivity contribution in [1.82, 2.24) is 19.5 Å². The number of hydrogen-bond donors (Lipinski definition) is 0. The highest BCUT2D eigenvalue weighted by Gasteiger charge is 2.33. The van der Waals surface area contributed by atoms with Crippen molar-refractivity contribution < 1.29 is 23.7 Å². The standard InChI is InChI=1S/C28H34N6O5/c1-27(2,3)39-26(35)33-10-8-32(9-11-33)24-7-6-19(14-30-24)23-12-21(16-34-25(23)20(13-29)15-31-34)36-17-22-18-37-28(4,5)38-22/h6-7,12,14-16,22H,8-11,17-18H2,1-5H3/t22-/m1/s1. The number of piperazine rings is 1. The zero-order chi connectivity index (χ0) is 27.8. The minimum Gasteiger partial charge on any atom is -0.489 e. The van der Waals surface area contributed by atoms with Crippen LogP contribution in [-0.2, 0) is 14.2 Å². The summed E-state index contributed by atoms with van der Waals surface area (Å²) < 4.78 is 24.7. The average Bonchev–Trinajstić information content (AvgIpc) is 3.48. The Bertz CT molecular complexity index is 1380. The lowest BCUT2D eigenvalue weighted by molar-refractivity contribution is -0.141. The van der Waals surface area contributed by atoms with E-state index in [4.69, 9.17) is 23.9 Å². The van der Waals surface area contributed by atoms with Crippen molar-refractivity contribution in [2.45, 2.75) is 52.1 Å². The Morgan fingerprint density at radius 3 is 2.59 bits per heavy atom. The van der Waals surface area contributed by atoms with E-state index in [9.17, 15) is 10.1 Å². The third-order valence-electron chi connectivity index (χ3n) is 6.52. The van der Waals surface area contributed by atoms with Gasteiger partial charge in [0.05, 0.1) is 30.1 Å². The SMILES string of the molecule is CC(C)(C)OC(=O)N1CCN(c2ccc(-c3cc(OC[C@@H]4COC(C)(C)O4)cn4ncc(C#N)c34)cn2)CC1. The molecule has 1 atom stereocenters. The topological polar surface area (TPSA) is 114 Å². The molecule has 5 heterocycles. The highest BCUT2D eigenvalue weighted by Crippen LogP contribution is 2.32. The second kappa shape index (κ2) is 10.4. The quantitative estimate of drug-likeness (QED) is 0.481. The molecule has 206 valence electrons. The lowest BCUT2D eigenvalue weighted by Gasteiger charge is -2.36. The Balaban J connectivity index is 1.32. The number of aromatic nitrogens is 3. The molecule has 2 saturated heterocycles. The molecule has 2 fully saturated rings. The van der Waals surface area contributed by atoms with Crippen LogP contribution in [-0.4, -0.2) is 82.5 Å². The van der Waals surface area contributed by atoms with Crippen LogP contribution < -0.4 is 9.64 Å². The summed E-state index contributed by atoms with van der Waals surface area (Å²) in [4.78, 5) is 21.0. The van der Waals surface area contributed by atoms with E-state index in [2.05, 4.69) is 16.1 Å². The maximum atomic E-state index is 12.4. The highest BCUT2D eigenvalue weighted by molar-refractivity contribution is 5.85. The Kier molecular flexibility index (Phi) is 7.09. The summed E-state index contributed by atoms with van der Waals surface area (Å²) in [5.74, 6) is 0.796. The number of hydrogen-bond acceptors (Lipinski definition) is 9. The lowest BCUT2D eigenvalue weighted by Crippen LogP contribution is -2.50. The molecule has 2 aliphatic heterocycles. The van der Waals surface area contributed by atoms with E-state index in [0.717, 1.165) is 16.9 Å². The minimum absolute atomic E-state index is 0.178. The number of carbonyl (C=O) groups is 1. The largest absolute Gasteiger partial charge is 0.489 e. The molecule has 1 amide bonds. The van der Waals surface area contributed by atoms with Gasteiger partial charge in [-0.15, -0.1) is 0 Å². The molecular formula is C28H34N6O5. The van der Waals surface area contributed by atoms with Crippen molar-refractivity contribution in [1.29, 1.82) is 5.26 Å². The Labute approximate surface area is 227 Å². The maximum Gasteiger partial charge on any atom is 0.410 e. The molecule has 0 spiro atoms. The van der Waals surface area contributed by atoms with Crippen molar-refractivity contribution in [2.24, 2.45) is 0 Å². The predicted molar refractivity (Wildman–Crippen MR) is 144 cm³/mol.